The van der Waals surface area contributed by atoms with Gasteiger partial charge >= 0.3 is 5.97 Å². The van der Waals surface area contributed by atoms with Crippen LogP contribution in [0, 0.1) is 5.82 Å². The Morgan fingerprint density at radius 1 is 1.35 bits per heavy atom. The van der Waals surface area contributed by atoms with Gasteiger partial charge in [-0.1, -0.05) is 0 Å². The number of methoxy groups -OCH3 is 1. The monoisotopic (exact) mass is 321 g/mol. The molecule has 0 unspecified atom stereocenters. The van der Waals surface area contributed by atoms with E-state index in [2.05, 4.69) is 0 Å². The van der Waals surface area contributed by atoms with Crippen molar-refractivity contribution in [2.45, 2.75) is 26.3 Å². The van der Waals surface area contributed by atoms with Gasteiger partial charge in [-0.3, -0.25) is 4.79 Å². The number of unbranched alkanes of at least 4 members (excludes halogenated alkanes) is 1. The minimum absolute atomic E-state index is 0.171. The number of benzene rings is 1. The number of hydrogen-bond donors (Lipinski definition) is 0. The lowest BCUT2D eigenvalue weighted by molar-refractivity contribution is 0.0512. The number of carbonyl (C=O) groups excluding carboxylic acids is 2. The third-order valence-corrected chi connectivity index (χ3v) is 3.63. The molecule has 6 heteroatoms. The summed E-state index contributed by atoms with van der Waals surface area (Å²) in [6.07, 6.45) is 2.16. The summed E-state index contributed by atoms with van der Waals surface area (Å²) in [6, 6.07) is 4.17. The molecular formula is C17H20FNO4. The average molecular weight is 321 g/mol. The van der Waals surface area contributed by atoms with Crippen molar-refractivity contribution in [3.63, 3.8) is 0 Å². The largest absolute Gasteiger partial charge is 0.461 e. The molecule has 0 aliphatic heterocycles. The number of nitrogens with zero attached hydrogens (tertiary/aromatic N) is 1. The van der Waals surface area contributed by atoms with Gasteiger partial charge in [0.25, 0.3) is 0 Å². The molecule has 1 aromatic heterocycles. The van der Waals surface area contributed by atoms with Crippen LogP contribution in [0.5, 0.6) is 0 Å². The third kappa shape index (κ3) is 3.59. The highest BCUT2D eigenvalue weighted by atomic mass is 19.1. The fourth-order valence-electron chi connectivity index (χ4n) is 2.64. The Morgan fingerprint density at radius 3 is 2.78 bits per heavy atom. The second-order valence-corrected chi connectivity index (χ2v) is 5.11. The summed E-state index contributed by atoms with van der Waals surface area (Å²) in [5, 5.41) is 0.426. The molecule has 0 spiro atoms. The van der Waals surface area contributed by atoms with Crippen molar-refractivity contribution >= 4 is 23.2 Å². The molecule has 124 valence electrons. The van der Waals surface area contributed by atoms with Crippen LogP contribution in [0.4, 0.5) is 4.39 Å². The number of ether oxygens (including phenoxy) is 2. The van der Waals surface area contributed by atoms with Gasteiger partial charge in [0.05, 0.1) is 12.2 Å². The van der Waals surface area contributed by atoms with Crippen LogP contribution in [0.25, 0.3) is 10.9 Å². The zero-order valence-corrected chi connectivity index (χ0v) is 13.3. The highest BCUT2D eigenvalue weighted by Gasteiger charge is 2.23. The molecule has 0 radical (unpaired) electrons. The van der Waals surface area contributed by atoms with E-state index in [0.29, 0.717) is 30.3 Å². The molecule has 23 heavy (non-hydrogen) atoms. The second kappa shape index (κ2) is 7.87. The molecular weight excluding hydrogens is 301 g/mol. The molecule has 1 heterocycles. The highest BCUT2D eigenvalue weighted by Crippen LogP contribution is 2.27. The van der Waals surface area contributed by atoms with Crippen LogP contribution < -0.4 is 0 Å². The molecule has 0 aliphatic rings. The van der Waals surface area contributed by atoms with Crippen molar-refractivity contribution in [2.75, 3.05) is 20.3 Å². The smallest absolute Gasteiger partial charge is 0.355 e. The topological polar surface area (TPSA) is 57.5 Å². The van der Waals surface area contributed by atoms with Crippen molar-refractivity contribution in [2.24, 2.45) is 0 Å². The minimum Gasteiger partial charge on any atom is -0.461 e. The van der Waals surface area contributed by atoms with Crippen LogP contribution in [0.1, 0.15) is 40.6 Å². The number of esters is 1. The van der Waals surface area contributed by atoms with Crippen LogP contribution in [0.3, 0.4) is 0 Å². The molecule has 2 rings (SSSR count). The summed E-state index contributed by atoms with van der Waals surface area (Å²) in [5.74, 6) is -1.02. The van der Waals surface area contributed by atoms with Gasteiger partial charge in [-0.15, -0.1) is 0 Å². The first-order valence-corrected chi connectivity index (χ1v) is 7.57. The number of aldehydes is 1. The number of rotatable bonds is 8. The van der Waals surface area contributed by atoms with E-state index in [4.69, 9.17) is 9.47 Å². The Hall–Kier alpha value is -2.21. The number of halogens is 1. The maximum Gasteiger partial charge on any atom is 0.355 e. The molecule has 2 aromatic rings. The summed E-state index contributed by atoms with van der Waals surface area (Å²) >= 11 is 0. The van der Waals surface area contributed by atoms with Crippen molar-refractivity contribution in [3.05, 3.63) is 35.3 Å². The van der Waals surface area contributed by atoms with Gasteiger partial charge in [-0.25, -0.2) is 9.18 Å². The van der Waals surface area contributed by atoms with E-state index < -0.39 is 11.8 Å². The molecule has 0 amide bonds. The van der Waals surface area contributed by atoms with E-state index in [-0.39, 0.29) is 17.9 Å². The first-order valence-electron chi connectivity index (χ1n) is 7.57. The van der Waals surface area contributed by atoms with E-state index >= 15 is 0 Å². The van der Waals surface area contributed by atoms with E-state index in [1.807, 2.05) is 0 Å². The lowest BCUT2D eigenvalue weighted by atomic mass is 10.1. The van der Waals surface area contributed by atoms with Crippen molar-refractivity contribution < 1.29 is 23.5 Å². The quantitative estimate of drug-likeness (QED) is 0.426. The Kier molecular flexibility index (Phi) is 5.87. The number of hydrogen-bond acceptors (Lipinski definition) is 4. The van der Waals surface area contributed by atoms with Gasteiger partial charge in [0.15, 0.2) is 6.29 Å². The van der Waals surface area contributed by atoms with Crippen molar-refractivity contribution in [1.29, 1.82) is 0 Å². The number of fused-ring (bicyclic) bond motifs is 1. The molecule has 0 saturated heterocycles. The normalized spacial score (nSPS) is 10.9. The van der Waals surface area contributed by atoms with Gasteiger partial charge in [-0.2, -0.15) is 0 Å². The first kappa shape index (κ1) is 17.1. The summed E-state index contributed by atoms with van der Waals surface area (Å²) in [5.41, 5.74) is 0.999. The molecule has 5 nitrogen and oxygen atoms in total. The number of aromatic nitrogens is 1. The van der Waals surface area contributed by atoms with Crippen molar-refractivity contribution in [1.82, 2.24) is 4.57 Å². The summed E-state index contributed by atoms with van der Waals surface area (Å²) in [4.78, 5) is 23.8. The SMILES string of the molecule is CCOC(=O)c1c(C=O)c2cc(F)ccc2n1CCCCOC. The molecule has 0 atom stereocenters. The Bertz CT molecular complexity index is 708. The Labute approximate surface area is 134 Å². The van der Waals surface area contributed by atoms with Gasteiger partial charge in [0.1, 0.15) is 11.5 Å². The average Bonchev–Trinajstić information content (AvgIpc) is 2.84. The van der Waals surface area contributed by atoms with E-state index in [1.165, 1.54) is 12.1 Å². The van der Waals surface area contributed by atoms with E-state index in [1.54, 1.807) is 24.7 Å². The summed E-state index contributed by atoms with van der Waals surface area (Å²) in [6.45, 7) is 3.04. The fraction of sp³-hybridized carbons (Fsp3) is 0.412. The number of aryl methyl sites for hydroxylation is 1. The fourth-order valence-corrected chi connectivity index (χ4v) is 2.64. The van der Waals surface area contributed by atoms with Crippen LogP contribution in [-0.4, -0.2) is 37.1 Å². The van der Waals surface area contributed by atoms with E-state index in [0.717, 1.165) is 12.8 Å². The van der Waals surface area contributed by atoms with Crippen LogP contribution in [0.2, 0.25) is 0 Å². The first-order chi connectivity index (χ1) is 11.1. The summed E-state index contributed by atoms with van der Waals surface area (Å²) < 4.78 is 25.3. The maximum atomic E-state index is 13.5. The van der Waals surface area contributed by atoms with Gasteiger partial charge in [-0.05, 0) is 38.0 Å². The molecule has 0 aliphatic carbocycles. The zero-order valence-electron chi connectivity index (χ0n) is 13.3. The lowest BCUT2D eigenvalue weighted by Crippen LogP contribution is -2.14. The predicted octanol–water partition coefficient (Wildman–Crippen LogP) is 3.20. The van der Waals surface area contributed by atoms with Gasteiger partial charge in [0.2, 0.25) is 0 Å². The third-order valence-electron chi connectivity index (χ3n) is 3.63. The lowest BCUT2D eigenvalue weighted by Gasteiger charge is -2.10. The highest BCUT2D eigenvalue weighted by molar-refractivity contribution is 6.08. The second-order valence-electron chi connectivity index (χ2n) is 5.11. The van der Waals surface area contributed by atoms with Crippen molar-refractivity contribution in [3.8, 4) is 0 Å². The summed E-state index contributed by atoms with van der Waals surface area (Å²) in [7, 11) is 1.63. The molecule has 0 fully saturated rings. The zero-order chi connectivity index (χ0) is 16.8. The Balaban J connectivity index is 2.53. The minimum atomic E-state index is -0.571. The van der Waals surface area contributed by atoms with Gasteiger partial charge < -0.3 is 14.0 Å². The number of carbonyl (C=O) groups is 2. The van der Waals surface area contributed by atoms with E-state index in [9.17, 15) is 14.0 Å². The Morgan fingerprint density at radius 2 is 2.13 bits per heavy atom. The predicted molar refractivity (Wildman–Crippen MR) is 84.4 cm³/mol. The molecule has 0 bridgehead atoms. The van der Waals surface area contributed by atoms with Crippen LogP contribution in [-0.2, 0) is 16.0 Å². The standard InChI is InChI=1S/C17H20FNO4/c1-3-23-17(21)16-14(11-20)13-10-12(18)6-7-15(13)19(16)8-4-5-9-22-2/h6-7,10-11H,3-5,8-9H2,1-2H3. The van der Waals surface area contributed by atoms with Crippen LogP contribution in [0.15, 0.2) is 18.2 Å². The molecule has 0 saturated carbocycles. The molecule has 0 N–H and O–H groups in total. The molecule has 1 aromatic carbocycles. The van der Waals surface area contributed by atoms with Crippen LogP contribution >= 0.6 is 0 Å². The maximum absolute atomic E-state index is 13.5. The van der Waals surface area contributed by atoms with Gasteiger partial charge in [0, 0.05) is 31.2 Å².